The van der Waals surface area contributed by atoms with Crippen molar-refractivity contribution in [2.24, 2.45) is 0 Å². The number of phenolic OH excluding ortho intramolecular Hbond substituents is 2. The van der Waals surface area contributed by atoms with Gasteiger partial charge in [0.15, 0.2) is 0 Å². The lowest BCUT2D eigenvalue weighted by atomic mass is 9.63. The Labute approximate surface area is 809 Å². The standard InChI is InChI=1S/C40H39ClF9NO3S.C36H40ClNO.C30H37N.C6H4BrClO/c1-34(2,3)25-13-16-33(30(19-25)24-11-9-8-10-12-24)51(27-14-15-31-32(23-27)36(6,7)18-17-35(31,4)5)28-20-26(41)21-29(22-28)54-55(52,53)40(49,50)38(44,45)37(42,43)39(46,47)48;1-34(2,3)25-13-16-33(30(19-25)24-11-9-8-10-12-24)38(28-20-26(37)21-29(39)22-28)27-14-15-31-32(23-27)36(6,7)18-17-35(31,4)5;1-28(2,3)22-13-16-27(24(19-22)21-11-9-8-10-12-21)31-23-14-15-25-26(20-23)30(6,7)18-17-29(25,4)5;7-4-1-5(8)3-6(9)2-4/h8-16,19-23H,17-18H2,1-7H3;8-16,19-23,39H,17-18H2,1-7H3;8-16,19-20,31H,17-18H2,1-7H3;1-3,9H. The fourth-order valence-corrected chi connectivity index (χ4v) is 20.0. The maximum atomic E-state index is 14.8. The summed E-state index contributed by atoms with van der Waals surface area (Å²) in [6.07, 6.45) is -0.737. The van der Waals surface area contributed by atoms with E-state index in [0.29, 0.717) is 33.0 Å². The molecule has 0 heterocycles. The minimum Gasteiger partial charge on any atom is -0.508 e. The summed E-state index contributed by atoms with van der Waals surface area (Å²) >= 11 is 21.6. The van der Waals surface area contributed by atoms with Crippen LogP contribution in [0, 0.1) is 0 Å². The Hall–Kier alpha value is -9.89. The first kappa shape index (κ1) is 103. The second-order valence-corrected chi connectivity index (χ2v) is 46.3. The quantitative estimate of drug-likeness (QED) is 0.0650. The zero-order chi connectivity index (χ0) is 98.8. The highest BCUT2D eigenvalue weighted by molar-refractivity contribution is 9.10. The smallest absolute Gasteiger partial charge is 0.460 e. The maximum Gasteiger partial charge on any atom is 0.460 e. The van der Waals surface area contributed by atoms with Gasteiger partial charge in [0.1, 0.15) is 17.2 Å². The van der Waals surface area contributed by atoms with Gasteiger partial charge in [-0.05, 0) is 263 Å². The van der Waals surface area contributed by atoms with Gasteiger partial charge in [0.05, 0.1) is 22.7 Å². The van der Waals surface area contributed by atoms with Crippen LogP contribution in [0.15, 0.2) is 259 Å². The van der Waals surface area contributed by atoms with Crippen LogP contribution in [0.4, 0.5) is 85.0 Å². The van der Waals surface area contributed by atoms with E-state index in [9.17, 15) is 53.0 Å². The minimum absolute atomic E-state index is 0.00262. The average molecular weight is 1980 g/mol. The lowest BCUT2D eigenvalue weighted by Gasteiger charge is -2.42. The van der Waals surface area contributed by atoms with Crippen molar-refractivity contribution < 1.29 is 62.3 Å². The molecule has 0 spiro atoms. The van der Waals surface area contributed by atoms with E-state index in [1.165, 1.54) is 81.6 Å². The van der Waals surface area contributed by atoms with Crippen LogP contribution in [0.2, 0.25) is 15.1 Å². The number of hydrogen-bond acceptors (Lipinski definition) is 8. The van der Waals surface area contributed by atoms with Crippen molar-refractivity contribution in [3.8, 4) is 50.6 Å². The molecular weight excluding hydrogens is 1860 g/mol. The fraction of sp³-hybridized carbons (Fsp3) is 0.357. The van der Waals surface area contributed by atoms with Crippen LogP contribution >= 0.6 is 50.7 Å². The molecule has 22 heteroatoms. The van der Waals surface area contributed by atoms with Crippen LogP contribution in [0.3, 0.4) is 0 Å². The molecule has 3 aliphatic rings. The average Bonchev–Trinajstić information content (AvgIpc) is 0.723. The normalized spacial score (nSPS) is 16.0. The number of nitrogens with one attached hydrogen (secondary N) is 1. The summed E-state index contributed by atoms with van der Waals surface area (Å²) in [6.45, 7) is 46.9. The van der Waals surface area contributed by atoms with Crippen molar-refractivity contribution in [1.29, 1.82) is 0 Å². The molecule has 0 aromatic heterocycles. The Morgan fingerprint density at radius 1 is 0.351 bits per heavy atom. The molecule has 134 heavy (non-hydrogen) atoms. The van der Waals surface area contributed by atoms with Gasteiger partial charge in [-0.25, -0.2) is 0 Å². The number of halogens is 13. The van der Waals surface area contributed by atoms with Gasteiger partial charge in [-0.1, -0.05) is 324 Å². The van der Waals surface area contributed by atoms with E-state index >= 15 is 0 Å². The van der Waals surface area contributed by atoms with E-state index in [4.69, 9.17) is 39.9 Å². The molecule has 3 aliphatic carbocycles. The molecule has 0 fully saturated rings. The first-order chi connectivity index (χ1) is 61.9. The second kappa shape index (κ2) is 37.9. The molecule has 12 aromatic rings. The van der Waals surface area contributed by atoms with Crippen LogP contribution in [0.1, 0.15) is 234 Å². The van der Waals surface area contributed by atoms with E-state index in [2.05, 4.69) is 288 Å². The van der Waals surface area contributed by atoms with Gasteiger partial charge in [0, 0.05) is 77.2 Å². The lowest BCUT2D eigenvalue weighted by Crippen LogP contribution is -2.63. The summed E-state index contributed by atoms with van der Waals surface area (Å²) in [5.41, 5.74) is 23.6. The molecule has 0 saturated heterocycles. The van der Waals surface area contributed by atoms with Crippen molar-refractivity contribution in [3.05, 3.63) is 324 Å². The predicted molar refractivity (Wildman–Crippen MR) is 540 cm³/mol. The van der Waals surface area contributed by atoms with Crippen LogP contribution in [-0.2, 0) is 58.9 Å². The summed E-state index contributed by atoms with van der Waals surface area (Å²) < 4.78 is 154. The number of aromatic hydroxyl groups is 2. The highest BCUT2D eigenvalue weighted by Gasteiger charge is 2.86. The van der Waals surface area contributed by atoms with Crippen molar-refractivity contribution >= 4 is 106 Å². The second-order valence-electron chi connectivity index (χ2n) is 42.5. The number of fused-ring (bicyclic) bond motifs is 3. The zero-order valence-corrected chi connectivity index (χ0v) is 84.5. The predicted octanol–water partition coefficient (Wildman–Crippen LogP) is 35.6. The molecule has 3 N–H and O–H groups in total. The molecular formula is C112H120BrCl3F9N3O5S. The Kier molecular flexibility index (Phi) is 29.1. The first-order valence-electron chi connectivity index (χ1n) is 44.9. The minimum atomic E-state index is -7.48. The van der Waals surface area contributed by atoms with Crippen LogP contribution in [0.25, 0.3) is 33.4 Å². The van der Waals surface area contributed by atoms with Gasteiger partial charge >= 0.3 is 33.4 Å². The summed E-state index contributed by atoms with van der Waals surface area (Å²) in [5.74, 6) is -15.8. The number of nitrogens with zero attached hydrogens (tertiary/aromatic N) is 2. The van der Waals surface area contributed by atoms with Gasteiger partial charge in [0.25, 0.3) is 0 Å². The van der Waals surface area contributed by atoms with Gasteiger partial charge in [-0.2, -0.15) is 47.9 Å². The number of benzene rings is 12. The molecule has 0 atom stereocenters. The number of anilines is 8. The van der Waals surface area contributed by atoms with Crippen LogP contribution in [0.5, 0.6) is 17.2 Å². The van der Waals surface area contributed by atoms with E-state index < -0.39 is 39.1 Å². The topological polar surface area (TPSA) is 102 Å². The molecule has 0 bridgehead atoms. The summed E-state index contributed by atoms with van der Waals surface area (Å²) in [5, 5.41) is 16.8. The van der Waals surface area contributed by atoms with Crippen LogP contribution < -0.4 is 19.3 Å². The molecule has 710 valence electrons. The molecule has 0 radical (unpaired) electrons. The Bertz CT molecular complexity index is 6350. The Morgan fingerprint density at radius 3 is 1.06 bits per heavy atom. The molecule has 12 aromatic carbocycles. The Balaban J connectivity index is 0.000000179. The third-order valence-corrected chi connectivity index (χ3v) is 28.8. The summed E-state index contributed by atoms with van der Waals surface area (Å²) in [6, 6.07) is 82.0. The van der Waals surface area contributed by atoms with Crippen molar-refractivity contribution in [1.82, 2.24) is 0 Å². The lowest BCUT2D eigenvalue weighted by molar-refractivity contribution is -0.382. The summed E-state index contributed by atoms with van der Waals surface area (Å²) in [4.78, 5) is 3.86. The number of hydrogen-bond donors (Lipinski definition) is 3. The van der Waals surface area contributed by atoms with Gasteiger partial charge < -0.3 is 29.5 Å². The van der Waals surface area contributed by atoms with Gasteiger partial charge in [-0.15, -0.1) is 0 Å². The van der Waals surface area contributed by atoms with E-state index in [-0.39, 0.29) is 70.9 Å². The van der Waals surface area contributed by atoms with E-state index in [0.717, 1.165) is 85.9 Å². The number of rotatable bonds is 16. The van der Waals surface area contributed by atoms with Crippen LogP contribution in [-0.4, -0.2) is 41.9 Å². The maximum absolute atomic E-state index is 14.8. The van der Waals surface area contributed by atoms with Crippen molar-refractivity contribution in [3.63, 3.8) is 0 Å². The molecule has 0 unspecified atom stereocenters. The molecule has 15 rings (SSSR count). The highest BCUT2D eigenvalue weighted by atomic mass is 79.9. The summed E-state index contributed by atoms with van der Waals surface area (Å²) in [7, 11) is -7.26. The fourth-order valence-electron chi connectivity index (χ4n) is 17.8. The highest BCUT2D eigenvalue weighted by Crippen LogP contribution is 2.58. The third kappa shape index (κ3) is 22.2. The SMILES string of the molecule is CC(C)(C)c1ccc(N(c2cc(Cl)cc(OS(=O)(=O)C(F)(F)C(F)(F)C(F)(F)C(F)(F)F)c2)c2ccc3c(c2)C(C)(C)CCC3(C)C)c(-c2ccccc2)c1.CC(C)(C)c1ccc(N(c2cc(O)cc(Cl)c2)c2ccc3c(c2)C(C)(C)CCC3(C)C)c(-c2ccccc2)c1.CC(C)(C)c1ccc(Nc2ccc3c(c2)C(C)(C)CCC3(C)C)c(-c2ccccc2)c1.Oc1cc(Cl)cc(Br)c1. The zero-order valence-electron chi connectivity index (χ0n) is 79.8. The van der Waals surface area contributed by atoms with Gasteiger partial charge in [0.2, 0.25) is 0 Å². The first-order valence-corrected chi connectivity index (χ1v) is 48.2. The number of alkyl halides is 9. The number of phenols is 2. The third-order valence-electron chi connectivity index (χ3n) is 26.4. The molecule has 0 saturated carbocycles. The van der Waals surface area contributed by atoms with Crippen molar-refractivity contribution in [2.75, 3.05) is 15.1 Å². The monoisotopic (exact) mass is 1970 g/mol. The largest absolute Gasteiger partial charge is 0.508 e. The van der Waals surface area contributed by atoms with E-state index in [1.54, 1.807) is 41.3 Å². The molecule has 0 amide bonds. The van der Waals surface area contributed by atoms with Crippen molar-refractivity contribution in [2.45, 2.75) is 256 Å². The molecule has 0 aliphatic heterocycles. The Morgan fingerprint density at radius 2 is 0.687 bits per heavy atom. The van der Waals surface area contributed by atoms with E-state index in [1.807, 2.05) is 81.4 Å². The molecule has 8 nitrogen and oxygen atoms in total. The van der Waals surface area contributed by atoms with Gasteiger partial charge in [-0.3, -0.25) is 0 Å².